The predicted molar refractivity (Wildman–Crippen MR) is 69.5 cm³/mol. The summed E-state index contributed by atoms with van der Waals surface area (Å²) >= 11 is 0. The van der Waals surface area contributed by atoms with Crippen molar-refractivity contribution in [1.29, 1.82) is 0 Å². The summed E-state index contributed by atoms with van der Waals surface area (Å²) in [5, 5.41) is 0. The van der Waals surface area contributed by atoms with Crippen molar-refractivity contribution in [3.8, 4) is 0 Å². The lowest BCUT2D eigenvalue weighted by atomic mass is 10.0. The Balaban J connectivity index is 1.93. The largest absolute Gasteiger partial charge is 0.374 e. The van der Waals surface area contributed by atoms with Crippen molar-refractivity contribution in [2.45, 2.75) is 25.7 Å². The highest BCUT2D eigenvalue weighted by atomic mass is 15.2. The minimum Gasteiger partial charge on any atom is -0.374 e. The monoisotopic (exact) mass is 216 g/mol. The van der Waals surface area contributed by atoms with Gasteiger partial charge in [-0.3, -0.25) is 0 Å². The number of hydrogen-bond donors (Lipinski definition) is 0. The van der Waals surface area contributed by atoms with Gasteiger partial charge in [0.25, 0.3) is 0 Å². The van der Waals surface area contributed by atoms with Gasteiger partial charge < -0.3 is 9.80 Å². The van der Waals surface area contributed by atoms with Crippen LogP contribution in [0.25, 0.3) is 0 Å². The Hall–Kier alpha value is -1.18. The van der Waals surface area contributed by atoms with Gasteiger partial charge in [-0.2, -0.15) is 0 Å². The summed E-state index contributed by atoms with van der Waals surface area (Å²) < 4.78 is 0. The molecule has 0 saturated carbocycles. The van der Waals surface area contributed by atoms with Crippen LogP contribution in [0, 0.1) is 0 Å². The third-order valence-electron chi connectivity index (χ3n) is 3.89. The van der Waals surface area contributed by atoms with E-state index in [2.05, 4.69) is 35.0 Å². The molecule has 2 aliphatic rings. The first-order valence-corrected chi connectivity index (χ1v) is 6.43. The number of benzene rings is 1. The van der Waals surface area contributed by atoms with Crippen LogP contribution in [-0.2, 0) is 6.42 Å². The summed E-state index contributed by atoms with van der Waals surface area (Å²) in [6.07, 6.45) is 5.26. The Morgan fingerprint density at radius 3 is 2.62 bits per heavy atom. The predicted octanol–water partition coefficient (Wildman–Crippen LogP) is 2.67. The van der Waals surface area contributed by atoms with Gasteiger partial charge in [0, 0.05) is 38.1 Å². The van der Waals surface area contributed by atoms with Gasteiger partial charge >= 0.3 is 0 Å². The van der Waals surface area contributed by atoms with Crippen molar-refractivity contribution in [2.75, 3.05) is 36.5 Å². The van der Waals surface area contributed by atoms with Gasteiger partial charge in [-0.25, -0.2) is 0 Å². The second kappa shape index (κ2) is 4.00. The van der Waals surface area contributed by atoms with Crippen molar-refractivity contribution in [3.05, 3.63) is 23.8 Å². The Kier molecular flexibility index (Phi) is 2.50. The lowest BCUT2D eigenvalue weighted by Gasteiger charge is -2.29. The molecule has 0 aliphatic carbocycles. The van der Waals surface area contributed by atoms with Gasteiger partial charge in [0.15, 0.2) is 0 Å². The van der Waals surface area contributed by atoms with Crippen LogP contribution >= 0.6 is 0 Å². The second-order valence-electron chi connectivity index (χ2n) is 5.03. The third-order valence-corrected chi connectivity index (χ3v) is 3.89. The molecule has 0 bridgehead atoms. The normalized spacial score (nSPS) is 20.1. The SMILES string of the molecule is CN1CCCc2ccc(N3CCCC3)cc21. The number of aryl methyl sites for hydroxylation is 1. The molecule has 2 heteroatoms. The van der Waals surface area contributed by atoms with E-state index in [-0.39, 0.29) is 0 Å². The smallest absolute Gasteiger partial charge is 0.0416 e. The Morgan fingerprint density at radius 1 is 1.00 bits per heavy atom. The molecule has 1 aromatic carbocycles. The van der Waals surface area contributed by atoms with Crippen molar-refractivity contribution < 1.29 is 0 Å². The molecule has 1 saturated heterocycles. The number of nitrogens with zero attached hydrogens (tertiary/aromatic N) is 2. The molecule has 2 aliphatic heterocycles. The maximum atomic E-state index is 2.52. The molecule has 86 valence electrons. The lowest BCUT2D eigenvalue weighted by Crippen LogP contribution is -2.25. The molecule has 2 heterocycles. The zero-order valence-corrected chi connectivity index (χ0v) is 10.1. The highest BCUT2D eigenvalue weighted by molar-refractivity contribution is 5.64. The zero-order chi connectivity index (χ0) is 11.0. The minimum absolute atomic E-state index is 1.20. The van der Waals surface area contributed by atoms with E-state index in [1.165, 1.54) is 62.3 Å². The van der Waals surface area contributed by atoms with E-state index >= 15 is 0 Å². The van der Waals surface area contributed by atoms with Crippen LogP contribution < -0.4 is 9.80 Å². The van der Waals surface area contributed by atoms with Crippen LogP contribution in [0.4, 0.5) is 11.4 Å². The van der Waals surface area contributed by atoms with Crippen LogP contribution in [0.5, 0.6) is 0 Å². The third kappa shape index (κ3) is 1.66. The van der Waals surface area contributed by atoms with Crippen LogP contribution in [-0.4, -0.2) is 26.7 Å². The van der Waals surface area contributed by atoms with E-state index in [4.69, 9.17) is 0 Å². The first-order chi connectivity index (χ1) is 7.84. The molecule has 1 aromatic rings. The average Bonchev–Trinajstić information content (AvgIpc) is 2.83. The molecule has 2 nitrogen and oxygen atoms in total. The standard InChI is InChI=1S/C14H20N2/c1-15-8-4-5-12-6-7-13(11-14(12)15)16-9-2-3-10-16/h6-7,11H,2-5,8-10H2,1H3. The number of fused-ring (bicyclic) bond motifs is 1. The van der Waals surface area contributed by atoms with Gasteiger partial charge in [-0.15, -0.1) is 0 Å². The Labute approximate surface area is 97.9 Å². The molecule has 0 amide bonds. The molecule has 0 aromatic heterocycles. The molecule has 16 heavy (non-hydrogen) atoms. The maximum absolute atomic E-state index is 2.52. The molecular formula is C14H20N2. The molecular weight excluding hydrogens is 196 g/mol. The highest BCUT2D eigenvalue weighted by Crippen LogP contribution is 2.31. The molecule has 0 unspecified atom stereocenters. The van der Waals surface area contributed by atoms with Gasteiger partial charge in [0.2, 0.25) is 0 Å². The fourth-order valence-electron chi connectivity index (χ4n) is 2.92. The summed E-state index contributed by atoms with van der Waals surface area (Å²) in [6, 6.07) is 7.03. The number of anilines is 2. The van der Waals surface area contributed by atoms with Crippen LogP contribution in [0.15, 0.2) is 18.2 Å². The van der Waals surface area contributed by atoms with Crippen molar-refractivity contribution >= 4 is 11.4 Å². The summed E-state index contributed by atoms with van der Waals surface area (Å²) in [5.74, 6) is 0. The topological polar surface area (TPSA) is 6.48 Å². The highest BCUT2D eigenvalue weighted by Gasteiger charge is 2.17. The van der Waals surface area contributed by atoms with E-state index in [1.54, 1.807) is 0 Å². The molecule has 0 N–H and O–H groups in total. The summed E-state index contributed by atoms with van der Waals surface area (Å²) in [6.45, 7) is 3.68. The lowest BCUT2D eigenvalue weighted by molar-refractivity contribution is 0.744. The van der Waals surface area contributed by atoms with E-state index < -0.39 is 0 Å². The Morgan fingerprint density at radius 2 is 1.81 bits per heavy atom. The molecule has 3 rings (SSSR count). The number of hydrogen-bond acceptors (Lipinski definition) is 2. The van der Waals surface area contributed by atoms with Gasteiger partial charge in [0.1, 0.15) is 0 Å². The molecule has 0 radical (unpaired) electrons. The fourth-order valence-corrected chi connectivity index (χ4v) is 2.92. The Bertz CT molecular complexity index is 380. The fraction of sp³-hybridized carbons (Fsp3) is 0.571. The first kappa shape index (κ1) is 10.0. The van der Waals surface area contributed by atoms with Crippen molar-refractivity contribution in [1.82, 2.24) is 0 Å². The molecule has 1 fully saturated rings. The van der Waals surface area contributed by atoms with Crippen LogP contribution in [0.3, 0.4) is 0 Å². The van der Waals surface area contributed by atoms with E-state index in [9.17, 15) is 0 Å². The van der Waals surface area contributed by atoms with E-state index in [1.807, 2.05) is 0 Å². The van der Waals surface area contributed by atoms with Crippen molar-refractivity contribution in [2.24, 2.45) is 0 Å². The van der Waals surface area contributed by atoms with Crippen LogP contribution in [0.2, 0.25) is 0 Å². The minimum atomic E-state index is 1.20. The number of rotatable bonds is 1. The quantitative estimate of drug-likeness (QED) is 0.712. The van der Waals surface area contributed by atoms with Gasteiger partial charge in [-0.05, 0) is 43.4 Å². The summed E-state index contributed by atoms with van der Waals surface area (Å²) in [5.41, 5.74) is 4.40. The average molecular weight is 216 g/mol. The molecule has 0 spiro atoms. The second-order valence-corrected chi connectivity index (χ2v) is 5.03. The van der Waals surface area contributed by atoms with Crippen molar-refractivity contribution in [3.63, 3.8) is 0 Å². The van der Waals surface area contributed by atoms with Crippen LogP contribution in [0.1, 0.15) is 24.8 Å². The van der Waals surface area contributed by atoms with Gasteiger partial charge in [0.05, 0.1) is 0 Å². The van der Waals surface area contributed by atoms with E-state index in [0.29, 0.717) is 0 Å². The van der Waals surface area contributed by atoms with E-state index in [0.717, 1.165) is 0 Å². The first-order valence-electron chi connectivity index (χ1n) is 6.43. The summed E-state index contributed by atoms with van der Waals surface area (Å²) in [4.78, 5) is 4.92. The molecule has 0 atom stereocenters. The van der Waals surface area contributed by atoms with Gasteiger partial charge in [-0.1, -0.05) is 6.07 Å². The maximum Gasteiger partial charge on any atom is 0.0416 e. The summed E-state index contributed by atoms with van der Waals surface area (Å²) in [7, 11) is 2.21. The zero-order valence-electron chi connectivity index (χ0n) is 10.1.